The number of Topliss-reactive ketones (excluding diaryl/α,β-unsaturated/α-hetero) is 1. The molecule has 3 aromatic rings. The number of ether oxygens (including phenoxy) is 1. The summed E-state index contributed by atoms with van der Waals surface area (Å²) in [5, 5.41) is 8.34. The van der Waals surface area contributed by atoms with Gasteiger partial charge in [-0.3, -0.25) is 4.79 Å². The number of nitrogens with zero attached hydrogens (tertiary/aromatic N) is 2. The van der Waals surface area contributed by atoms with E-state index in [0.717, 1.165) is 25.7 Å². The maximum atomic E-state index is 12.1. The number of carbonyl (C=O) groups is 1. The molecule has 0 saturated heterocycles. The van der Waals surface area contributed by atoms with E-state index in [4.69, 9.17) is 4.74 Å². The number of hydrogen-bond acceptors (Lipinski definition) is 7. The number of benzene rings is 2. The van der Waals surface area contributed by atoms with Crippen molar-refractivity contribution < 1.29 is 9.53 Å². The van der Waals surface area contributed by atoms with Crippen molar-refractivity contribution in [2.45, 2.75) is 22.5 Å². The van der Waals surface area contributed by atoms with E-state index >= 15 is 0 Å². The molecule has 0 aliphatic carbocycles. The molecule has 7 heteroatoms. The van der Waals surface area contributed by atoms with E-state index in [1.54, 1.807) is 11.8 Å². The zero-order chi connectivity index (χ0) is 19.1. The van der Waals surface area contributed by atoms with Crippen molar-refractivity contribution in [1.29, 1.82) is 0 Å². The summed E-state index contributed by atoms with van der Waals surface area (Å²) < 4.78 is 7.52. The van der Waals surface area contributed by atoms with Gasteiger partial charge in [-0.1, -0.05) is 71.3 Å². The second-order valence-electron chi connectivity index (χ2n) is 5.93. The van der Waals surface area contributed by atoms with Crippen LogP contribution in [0.15, 0.2) is 57.2 Å². The highest BCUT2D eigenvalue weighted by Gasteiger charge is 2.10. The van der Waals surface area contributed by atoms with Crippen LogP contribution in [0.5, 0.6) is 5.75 Å². The third-order valence-corrected chi connectivity index (χ3v) is 6.74. The molecule has 0 saturated carbocycles. The van der Waals surface area contributed by atoms with Gasteiger partial charge in [0.25, 0.3) is 0 Å². The lowest BCUT2D eigenvalue weighted by Gasteiger charge is -2.07. The molecular weight excluding hydrogens is 396 g/mol. The molecule has 1 aromatic heterocycles. The Morgan fingerprint density at radius 2 is 1.67 bits per heavy atom. The van der Waals surface area contributed by atoms with E-state index in [9.17, 15) is 4.79 Å². The van der Waals surface area contributed by atoms with E-state index in [-0.39, 0.29) is 5.78 Å². The highest BCUT2D eigenvalue weighted by molar-refractivity contribution is 8.03. The average Bonchev–Trinajstić information content (AvgIpc) is 3.11. The normalized spacial score (nSPS) is 10.7. The first-order valence-corrected chi connectivity index (χ1v) is 11.3. The summed E-state index contributed by atoms with van der Waals surface area (Å²) >= 11 is 4.57. The smallest absolute Gasteiger partial charge is 0.175 e. The third kappa shape index (κ3) is 6.37. The van der Waals surface area contributed by atoms with Crippen LogP contribution in [-0.4, -0.2) is 34.1 Å². The zero-order valence-electron chi connectivity index (χ0n) is 15.2. The van der Waals surface area contributed by atoms with Gasteiger partial charge in [0.15, 0.2) is 14.5 Å². The molecule has 0 bridgehead atoms. The first-order valence-electron chi connectivity index (χ1n) is 8.48. The fourth-order valence-corrected chi connectivity index (χ4v) is 5.26. The molecule has 0 fully saturated rings. The fraction of sp³-hybridized carbons (Fsp3) is 0.250. The van der Waals surface area contributed by atoms with Crippen molar-refractivity contribution in [2.24, 2.45) is 0 Å². The SMILES string of the molecule is Cc1cc(C)cc(OCCSc2nnc(SCC(=O)c3ccccc3)s2)c1. The summed E-state index contributed by atoms with van der Waals surface area (Å²) in [7, 11) is 0. The van der Waals surface area contributed by atoms with Crippen LogP contribution in [0.3, 0.4) is 0 Å². The third-order valence-electron chi connectivity index (χ3n) is 3.58. The highest BCUT2D eigenvalue weighted by Crippen LogP contribution is 2.29. The van der Waals surface area contributed by atoms with Gasteiger partial charge in [-0.25, -0.2) is 0 Å². The van der Waals surface area contributed by atoms with Crippen molar-refractivity contribution >= 4 is 40.6 Å². The molecule has 0 atom stereocenters. The molecule has 0 aliphatic heterocycles. The van der Waals surface area contributed by atoms with E-state index in [1.165, 1.54) is 34.2 Å². The Hall–Kier alpha value is -1.83. The molecule has 0 radical (unpaired) electrons. The molecule has 27 heavy (non-hydrogen) atoms. The topological polar surface area (TPSA) is 52.1 Å². The van der Waals surface area contributed by atoms with Gasteiger partial charge >= 0.3 is 0 Å². The van der Waals surface area contributed by atoms with Gasteiger partial charge in [-0.15, -0.1) is 10.2 Å². The summed E-state index contributed by atoms with van der Waals surface area (Å²) in [5.41, 5.74) is 3.13. The monoisotopic (exact) mass is 416 g/mol. The van der Waals surface area contributed by atoms with E-state index < -0.39 is 0 Å². The fourth-order valence-electron chi connectivity index (χ4n) is 2.45. The lowest BCUT2D eigenvalue weighted by atomic mass is 10.1. The lowest BCUT2D eigenvalue weighted by molar-refractivity contribution is 0.102. The zero-order valence-corrected chi connectivity index (χ0v) is 17.6. The number of aryl methyl sites for hydroxylation is 2. The number of carbonyl (C=O) groups excluding carboxylic acids is 1. The van der Waals surface area contributed by atoms with Crippen LogP contribution in [0.25, 0.3) is 0 Å². The summed E-state index contributed by atoms with van der Waals surface area (Å²) in [6.45, 7) is 4.75. The minimum atomic E-state index is 0.104. The van der Waals surface area contributed by atoms with Gasteiger partial charge in [0.05, 0.1) is 12.4 Å². The van der Waals surface area contributed by atoms with Gasteiger partial charge in [0.2, 0.25) is 0 Å². The molecule has 1 heterocycles. The maximum Gasteiger partial charge on any atom is 0.175 e. The number of thioether (sulfide) groups is 2. The van der Waals surface area contributed by atoms with Crippen LogP contribution in [0.4, 0.5) is 0 Å². The predicted octanol–water partition coefficient (Wildman–Crippen LogP) is 5.30. The van der Waals surface area contributed by atoms with Gasteiger partial charge < -0.3 is 4.74 Å². The Kier molecular flexibility index (Phi) is 7.32. The largest absolute Gasteiger partial charge is 0.493 e. The number of hydrogen-bond donors (Lipinski definition) is 0. The Bertz CT molecular complexity index is 877. The van der Waals surface area contributed by atoms with Crippen molar-refractivity contribution in [1.82, 2.24) is 10.2 Å². The Morgan fingerprint density at radius 3 is 2.37 bits per heavy atom. The van der Waals surface area contributed by atoms with E-state index in [2.05, 4.69) is 30.1 Å². The minimum absolute atomic E-state index is 0.104. The van der Waals surface area contributed by atoms with E-state index in [0.29, 0.717) is 12.4 Å². The molecule has 0 N–H and O–H groups in total. The molecule has 140 valence electrons. The van der Waals surface area contributed by atoms with Gasteiger partial charge in [0, 0.05) is 11.3 Å². The second-order valence-corrected chi connectivity index (χ2v) is 9.47. The number of aromatic nitrogens is 2. The predicted molar refractivity (Wildman–Crippen MR) is 114 cm³/mol. The molecule has 0 spiro atoms. The Labute approximate surface area is 171 Å². The molecule has 0 amide bonds. The van der Waals surface area contributed by atoms with Crippen molar-refractivity contribution in [3.05, 3.63) is 65.2 Å². The molecule has 4 nitrogen and oxygen atoms in total. The molecular formula is C20H20N2O2S3. The van der Waals surface area contributed by atoms with Crippen LogP contribution in [0.2, 0.25) is 0 Å². The first kappa shape index (κ1) is 19.9. The summed E-state index contributed by atoms with van der Waals surface area (Å²) in [6.07, 6.45) is 0. The minimum Gasteiger partial charge on any atom is -0.493 e. The molecule has 3 rings (SSSR count). The highest BCUT2D eigenvalue weighted by atomic mass is 32.2. The standard InChI is InChI=1S/C20H20N2O2S3/c1-14-10-15(2)12-17(11-14)24-8-9-25-19-21-22-20(27-19)26-13-18(23)16-6-4-3-5-7-16/h3-7,10-12H,8-9,13H2,1-2H3. The second kappa shape index (κ2) is 9.92. The summed E-state index contributed by atoms with van der Waals surface area (Å²) in [6, 6.07) is 15.5. The maximum absolute atomic E-state index is 12.1. The van der Waals surface area contributed by atoms with Crippen molar-refractivity contribution in [3.8, 4) is 5.75 Å². The van der Waals surface area contributed by atoms with Gasteiger partial charge in [-0.05, 0) is 37.1 Å². The molecule has 0 aliphatic rings. The number of ketones is 1. The number of rotatable bonds is 9. The van der Waals surface area contributed by atoms with Crippen molar-refractivity contribution in [2.75, 3.05) is 18.1 Å². The van der Waals surface area contributed by atoms with Crippen LogP contribution in [0, 0.1) is 13.8 Å². The summed E-state index contributed by atoms with van der Waals surface area (Å²) in [4.78, 5) is 12.1. The summed E-state index contributed by atoms with van der Waals surface area (Å²) in [5.74, 6) is 2.18. The average molecular weight is 417 g/mol. The van der Waals surface area contributed by atoms with Gasteiger partial charge in [0.1, 0.15) is 5.75 Å². The molecule has 0 unspecified atom stereocenters. The molecule has 2 aromatic carbocycles. The van der Waals surface area contributed by atoms with Gasteiger partial charge in [-0.2, -0.15) is 0 Å². The quantitative estimate of drug-likeness (QED) is 0.268. The Balaban J connectivity index is 1.41. The Morgan fingerprint density at radius 1 is 1.00 bits per heavy atom. The van der Waals surface area contributed by atoms with Crippen LogP contribution in [0.1, 0.15) is 21.5 Å². The van der Waals surface area contributed by atoms with Crippen LogP contribution < -0.4 is 4.74 Å². The van der Waals surface area contributed by atoms with Crippen LogP contribution >= 0.6 is 34.9 Å². The van der Waals surface area contributed by atoms with Crippen molar-refractivity contribution in [3.63, 3.8) is 0 Å². The first-order chi connectivity index (χ1) is 13.1. The lowest BCUT2D eigenvalue weighted by Crippen LogP contribution is -2.01. The van der Waals surface area contributed by atoms with E-state index in [1.807, 2.05) is 42.5 Å². The van der Waals surface area contributed by atoms with Crippen LogP contribution in [-0.2, 0) is 0 Å².